The van der Waals surface area contributed by atoms with Crippen LogP contribution in [0.3, 0.4) is 0 Å². The standard InChI is InChI=1S/C34H58O2/c1-2-3-4-5-6-7-8-9-10-11-12-13-14-15-16-17-18-19-20-21-22-23-24-25-26-27-28-29-30-31-32-33-34(35)36/h3-4,6-7,9-10,12-13,15-16H,2,5,8,11,14,17-33H2,1H3,(H,35,36)/p-1/b4-3-,7-6-,10-9-,13-12-,16-15-. The molecule has 0 unspecified atom stereocenters. The van der Waals surface area contributed by atoms with E-state index in [0.717, 1.165) is 44.9 Å². The van der Waals surface area contributed by atoms with Gasteiger partial charge < -0.3 is 9.90 Å². The molecule has 0 N–H and O–H groups in total. The molecule has 206 valence electrons. The maximum atomic E-state index is 10.3. The third-order valence-electron chi connectivity index (χ3n) is 6.41. The smallest absolute Gasteiger partial charge is 0.0414 e. The second-order valence-corrected chi connectivity index (χ2v) is 9.92. The Kier molecular flexibility index (Phi) is 29.6. The summed E-state index contributed by atoms with van der Waals surface area (Å²) >= 11 is 0. The molecule has 0 rings (SSSR count). The van der Waals surface area contributed by atoms with Gasteiger partial charge in [-0.1, -0.05) is 151 Å². The molecule has 0 bridgehead atoms. The molecule has 2 heteroatoms. The number of carboxylic acids is 1. The van der Waals surface area contributed by atoms with Gasteiger partial charge in [-0.05, 0) is 57.8 Å². The van der Waals surface area contributed by atoms with Crippen molar-refractivity contribution in [2.24, 2.45) is 0 Å². The van der Waals surface area contributed by atoms with E-state index in [1.807, 2.05) is 0 Å². The molecule has 0 aliphatic carbocycles. The average molecular weight is 498 g/mol. The molecule has 0 fully saturated rings. The molecule has 0 amide bonds. The van der Waals surface area contributed by atoms with Crippen molar-refractivity contribution in [3.05, 3.63) is 60.8 Å². The van der Waals surface area contributed by atoms with Gasteiger partial charge in [-0.25, -0.2) is 0 Å². The summed E-state index contributed by atoms with van der Waals surface area (Å²) < 4.78 is 0. The lowest BCUT2D eigenvalue weighted by Crippen LogP contribution is -2.21. The van der Waals surface area contributed by atoms with Crippen molar-refractivity contribution in [3.63, 3.8) is 0 Å². The van der Waals surface area contributed by atoms with Crippen molar-refractivity contribution in [2.45, 2.75) is 148 Å². The van der Waals surface area contributed by atoms with E-state index in [0.29, 0.717) is 0 Å². The quantitative estimate of drug-likeness (QED) is 0.0836. The van der Waals surface area contributed by atoms with Gasteiger partial charge in [0.15, 0.2) is 0 Å². The van der Waals surface area contributed by atoms with Crippen LogP contribution in [0.1, 0.15) is 148 Å². The third-order valence-corrected chi connectivity index (χ3v) is 6.41. The highest BCUT2D eigenvalue weighted by atomic mass is 16.4. The van der Waals surface area contributed by atoms with Gasteiger partial charge in [0, 0.05) is 5.97 Å². The van der Waals surface area contributed by atoms with Gasteiger partial charge in [-0.15, -0.1) is 0 Å². The molecule has 0 saturated carbocycles. The average Bonchev–Trinajstić information content (AvgIpc) is 2.87. The Hall–Kier alpha value is -1.83. The number of aliphatic carboxylic acids is 1. The summed E-state index contributed by atoms with van der Waals surface area (Å²) in [5.74, 6) is -0.906. The molecule has 0 aromatic rings. The lowest BCUT2D eigenvalue weighted by molar-refractivity contribution is -0.305. The minimum Gasteiger partial charge on any atom is -0.550 e. The van der Waals surface area contributed by atoms with Gasteiger partial charge in [0.1, 0.15) is 0 Å². The van der Waals surface area contributed by atoms with Crippen LogP contribution in [0.25, 0.3) is 0 Å². The molecule has 0 heterocycles. The van der Waals surface area contributed by atoms with Crippen molar-refractivity contribution in [1.29, 1.82) is 0 Å². The Labute approximate surface area is 224 Å². The molecule has 0 atom stereocenters. The number of carboxylic acid groups (broad SMARTS) is 1. The summed E-state index contributed by atoms with van der Waals surface area (Å²) in [4.78, 5) is 10.3. The van der Waals surface area contributed by atoms with Crippen LogP contribution in [-0.4, -0.2) is 5.97 Å². The van der Waals surface area contributed by atoms with Crippen LogP contribution in [0.2, 0.25) is 0 Å². The molecular weight excluding hydrogens is 440 g/mol. The number of hydrogen-bond acceptors (Lipinski definition) is 2. The fraction of sp³-hybridized carbons (Fsp3) is 0.676. The molecule has 0 aromatic heterocycles. The monoisotopic (exact) mass is 497 g/mol. The molecular formula is C34H57O2-. The number of unbranched alkanes of at least 4 members (excludes halogenated alkanes) is 15. The third kappa shape index (κ3) is 32.2. The van der Waals surface area contributed by atoms with Crippen molar-refractivity contribution in [2.75, 3.05) is 0 Å². The fourth-order valence-electron chi connectivity index (χ4n) is 4.20. The molecule has 0 radical (unpaired) electrons. The molecule has 0 aliphatic rings. The maximum absolute atomic E-state index is 10.3. The summed E-state index contributed by atoms with van der Waals surface area (Å²) in [6.45, 7) is 2.17. The number of allylic oxidation sites excluding steroid dienone is 10. The van der Waals surface area contributed by atoms with Crippen LogP contribution < -0.4 is 5.11 Å². The normalized spacial score (nSPS) is 12.5. The molecule has 36 heavy (non-hydrogen) atoms. The second-order valence-electron chi connectivity index (χ2n) is 9.92. The number of rotatable bonds is 27. The fourth-order valence-corrected chi connectivity index (χ4v) is 4.20. The first kappa shape index (κ1) is 34.2. The van der Waals surface area contributed by atoms with Crippen LogP contribution in [0.15, 0.2) is 60.8 Å². The Balaban J connectivity index is 3.25. The van der Waals surface area contributed by atoms with Crippen LogP contribution >= 0.6 is 0 Å². The van der Waals surface area contributed by atoms with Crippen LogP contribution in [-0.2, 0) is 4.79 Å². The highest BCUT2D eigenvalue weighted by Crippen LogP contribution is 2.14. The SMILES string of the molecule is CC/C=C\C/C=C\C/C=C\C/C=C\C/C=C\CCCCCCCCCCCCCCCCCC(=O)[O-]. The molecule has 0 spiro atoms. The summed E-state index contributed by atoms with van der Waals surface area (Å²) in [6, 6.07) is 0. The van der Waals surface area contributed by atoms with Crippen LogP contribution in [0.5, 0.6) is 0 Å². The number of carbonyl (C=O) groups is 1. The zero-order valence-electron chi connectivity index (χ0n) is 23.6. The Morgan fingerprint density at radius 2 is 0.750 bits per heavy atom. The number of carbonyl (C=O) groups excluding carboxylic acids is 1. The van der Waals surface area contributed by atoms with Crippen molar-refractivity contribution >= 4 is 5.97 Å². The Bertz CT molecular complexity index is 594. The van der Waals surface area contributed by atoms with Gasteiger partial charge in [0.25, 0.3) is 0 Å². The first-order chi connectivity index (χ1) is 17.8. The summed E-state index contributed by atoms with van der Waals surface area (Å²) in [5.41, 5.74) is 0. The van der Waals surface area contributed by atoms with Crippen LogP contribution in [0, 0.1) is 0 Å². The van der Waals surface area contributed by atoms with E-state index in [2.05, 4.69) is 67.7 Å². The predicted octanol–water partition coefficient (Wildman–Crippen LogP) is 10.1. The van der Waals surface area contributed by atoms with Gasteiger partial charge >= 0.3 is 0 Å². The van der Waals surface area contributed by atoms with E-state index < -0.39 is 5.97 Å². The van der Waals surface area contributed by atoms with Gasteiger partial charge in [-0.2, -0.15) is 0 Å². The minimum absolute atomic E-state index is 0.226. The largest absolute Gasteiger partial charge is 0.550 e. The van der Waals surface area contributed by atoms with Crippen molar-refractivity contribution < 1.29 is 9.90 Å². The molecule has 0 aliphatic heterocycles. The topological polar surface area (TPSA) is 40.1 Å². The molecule has 0 aromatic carbocycles. The van der Waals surface area contributed by atoms with Crippen LogP contribution in [0.4, 0.5) is 0 Å². The van der Waals surface area contributed by atoms with Gasteiger partial charge in [-0.3, -0.25) is 0 Å². The zero-order chi connectivity index (χ0) is 26.2. The van der Waals surface area contributed by atoms with E-state index in [1.54, 1.807) is 0 Å². The highest BCUT2D eigenvalue weighted by Gasteiger charge is 1.95. The van der Waals surface area contributed by atoms with Crippen molar-refractivity contribution in [1.82, 2.24) is 0 Å². The Morgan fingerprint density at radius 3 is 1.11 bits per heavy atom. The van der Waals surface area contributed by atoms with E-state index in [-0.39, 0.29) is 6.42 Å². The van der Waals surface area contributed by atoms with E-state index in [9.17, 15) is 9.90 Å². The van der Waals surface area contributed by atoms with Gasteiger partial charge in [0.05, 0.1) is 0 Å². The lowest BCUT2D eigenvalue weighted by atomic mass is 10.0. The zero-order valence-corrected chi connectivity index (χ0v) is 23.6. The molecule has 0 saturated heterocycles. The first-order valence-electron chi connectivity index (χ1n) is 15.2. The second kappa shape index (κ2) is 31.2. The number of hydrogen-bond donors (Lipinski definition) is 0. The lowest BCUT2D eigenvalue weighted by Gasteiger charge is -2.04. The molecule has 2 nitrogen and oxygen atoms in total. The summed E-state index contributed by atoms with van der Waals surface area (Å²) in [7, 11) is 0. The highest BCUT2D eigenvalue weighted by molar-refractivity contribution is 5.64. The Morgan fingerprint density at radius 1 is 0.444 bits per heavy atom. The summed E-state index contributed by atoms with van der Waals surface area (Å²) in [6.07, 6.45) is 48.7. The maximum Gasteiger partial charge on any atom is 0.0414 e. The van der Waals surface area contributed by atoms with Gasteiger partial charge in [0.2, 0.25) is 0 Å². The minimum atomic E-state index is -0.906. The summed E-state index contributed by atoms with van der Waals surface area (Å²) in [5, 5.41) is 10.3. The van der Waals surface area contributed by atoms with Crippen molar-refractivity contribution in [3.8, 4) is 0 Å². The van der Waals surface area contributed by atoms with E-state index in [4.69, 9.17) is 0 Å². The van der Waals surface area contributed by atoms with E-state index >= 15 is 0 Å². The predicted molar refractivity (Wildman–Crippen MR) is 158 cm³/mol. The van der Waals surface area contributed by atoms with E-state index in [1.165, 1.54) is 89.9 Å². The first-order valence-corrected chi connectivity index (χ1v) is 15.2.